The summed E-state index contributed by atoms with van der Waals surface area (Å²) in [5, 5.41) is 13.9. The van der Waals surface area contributed by atoms with Gasteiger partial charge in [0.1, 0.15) is 11.9 Å². The number of nitriles is 1. The third-order valence-electron chi connectivity index (χ3n) is 2.60. The fourth-order valence-corrected chi connectivity index (χ4v) is 1.56. The second-order valence-electron chi connectivity index (χ2n) is 4.05. The highest BCUT2D eigenvalue weighted by atomic mass is 19.1. The van der Waals surface area contributed by atoms with E-state index < -0.39 is 17.9 Å². The number of amides is 2. The van der Waals surface area contributed by atoms with Gasteiger partial charge in [0.15, 0.2) is 0 Å². The zero-order valence-corrected chi connectivity index (χ0v) is 9.11. The SMILES string of the molecule is N#CC(NC(=O)Nc1cccc(F)c1)C1CC1. The molecule has 0 saturated heterocycles. The quantitative estimate of drug-likeness (QED) is 0.840. The third kappa shape index (κ3) is 3.18. The minimum Gasteiger partial charge on any atom is -0.322 e. The minimum atomic E-state index is -0.478. The first-order chi connectivity index (χ1) is 8.19. The molecule has 4 nitrogen and oxygen atoms in total. The van der Waals surface area contributed by atoms with Crippen molar-refractivity contribution >= 4 is 11.7 Å². The van der Waals surface area contributed by atoms with Crippen molar-refractivity contribution in [2.24, 2.45) is 5.92 Å². The van der Waals surface area contributed by atoms with Crippen molar-refractivity contribution in [2.75, 3.05) is 5.32 Å². The van der Waals surface area contributed by atoms with Crippen LogP contribution in [0.4, 0.5) is 14.9 Å². The molecule has 0 aliphatic heterocycles. The number of carbonyl (C=O) groups excluding carboxylic acids is 1. The lowest BCUT2D eigenvalue weighted by molar-refractivity contribution is 0.249. The van der Waals surface area contributed by atoms with Crippen LogP contribution in [0.3, 0.4) is 0 Å². The number of nitrogens with zero attached hydrogens (tertiary/aromatic N) is 1. The molecule has 1 aliphatic carbocycles. The van der Waals surface area contributed by atoms with Gasteiger partial charge in [0.05, 0.1) is 6.07 Å². The predicted molar refractivity (Wildman–Crippen MR) is 60.7 cm³/mol. The van der Waals surface area contributed by atoms with Crippen LogP contribution in [0.1, 0.15) is 12.8 Å². The molecular weight excluding hydrogens is 221 g/mol. The number of rotatable bonds is 3. The van der Waals surface area contributed by atoms with Crippen LogP contribution in [0.25, 0.3) is 0 Å². The summed E-state index contributed by atoms with van der Waals surface area (Å²) in [6, 6.07) is 6.72. The Hall–Kier alpha value is -2.09. The molecule has 0 aromatic heterocycles. The summed E-state index contributed by atoms with van der Waals surface area (Å²) < 4.78 is 12.9. The molecule has 1 saturated carbocycles. The lowest BCUT2D eigenvalue weighted by Crippen LogP contribution is -2.38. The Morgan fingerprint density at radius 3 is 2.88 bits per heavy atom. The first-order valence-corrected chi connectivity index (χ1v) is 5.42. The number of halogens is 1. The Morgan fingerprint density at radius 2 is 2.29 bits per heavy atom. The second kappa shape index (κ2) is 4.83. The average Bonchev–Trinajstić information content (AvgIpc) is 3.09. The van der Waals surface area contributed by atoms with Crippen LogP contribution >= 0.6 is 0 Å². The summed E-state index contributed by atoms with van der Waals surface area (Å²) in [5.74, 6) is -0.153. The number of hydrogen-bond acceptors (Lipinski definition) is 2. The van der Waals surface area contributed by atoms with Gasteiger partial charge in [-0.15, -0.1) is 0 Å². The highest BCUT2D eigenvalue weighted by Gasteiger charge is 2.32. The van der Waals surface area contributed by atoms with Crippen molar-refractivity contribution in [1.29, 1.82) is 5.26 Å². The van der Waals surface area contributed by atoms with Crippen molar-refractivity contribution < 1.29 is 9.18 Å². The number of urea groups is 1. The highest BCUT2D eigenvalue weighted by Crippen LogP contribution is 2.32. The molecule has 0 spiro atoms. The summed E-state index contributed by atoms with van der Waals surface area (Å²) in [7, 11) is 0. The topological polar surface area (TPSA) is 64.9 Å². The molecule has 1 aliphatic rings. The van der Waals surface area contributed by atoms with E-state index in [0.29, 0.717) is 5.69 Å². The van der Waals surface area contributed by atoms with Crippen molar-refractivity contribution in [3.63, 3.8) is 0 Å². The van der Waals surface area contributed by atoms with Crippen LogP contribution in [0.5, 0.6) is 0 Å². The fourth-order valence-electron chi connectivity index (χ4n) is 1.56. The van der Waals surface area contributed by atoms with Gasteiger partial charge in [-0.25, -0.2) is 9.18 Å². The maximum Gasteiger partial charge on any atom is 0.320 e. The van der Waals surface area contributed by atoms with Gasteiger partial charge < -0.3 is 10.6 Å². The standard InChI is InChI=1S/C12H12FN3O/c13-9-2-1-3-10(6-9)15-12(17)16-11(7-14)8-4-5-8/h1-3,6,8,11H,4-5H2,(H2,15,16,17). The van der Waals surface area contributed by atoms with Gasteiger partial charge >= 0.3 is 6.03 Å². The van der Waals surface area contributed by atoms with E-state index in [0.717, 1.165) is 12.8 Å². The summed E-state index contributed by atoms with van der Waals surface area (Å²) >= 11 is 0. The van der Waals surface area contributed by atoms with Crippen LogP contribution < -0.4 is 10.6 Å². The van der Waals surface area contributed by atoms with E-state index in [1.807, 2.05) is 6.07 Å². The normalized spacial score (nSPS) is 15.8. The van der Waals surface area contributed by atoms with E-state index in [1.165, 1.54) is 18.2 Å². The van der Waals surface area contributed by atoms with Gasteiger partial charge in [-0.2, -0.15) is 5.26 Å². The van der Waals surface area contributed by atoms with Crippen LogP contribution in [0.2, 0.25) is 0 Å². The monoisotopic (exact) mass is 233 g/mol. The van der Waals surface area contributed by atoms with Crippen molar-refractivity contribution in [3.05, 3.63) is 30.1 Å². The minimum absolute atomic E-state index is 0.262. The molecule has 1 unspecified atom stereocenters. The summed E-state index contributed by atoms with van der Waals surface area (Å²) in [4.78, 5) is 11.5. The van der Waals surface area contributed by atoms with E-state index in [4.69, 9.17) is 5.26 Å². The maximum atomic E-state index is 12.9. The largest absolute Gasteiger partial charge is 0.322 e. The van der Waals surface area contributed by atoms with Gasteiger partial charge in [-0.05, 0) is 37.0 Å². The van der Waals surface area contributed by atoms with Gasteiger partial charge in [-0.1, -0.05) is 6.07 Å². The van der Waals surface area contributed by atoms with Gasteiger partial charge in [0.2, 0.25) is 0 Å². The van der Waals surface area contributed by atoms with E-state index in [9.17, 15) is 9.18 Å². The summed E-state index contributed by atoms with van der Waals surface area (Å²) in [6.07, 6.45) is 1.94. The summed E-state index contributed by atoms with van der Waals surface area (Å²) in [5.41, 5.74) is 0.370. The first-order valence-electron chi connectivity index (χ1n) is 5.42. The molecule has 0 radical (unpaired) electrons. The fraction of sp³-hybridized carbons (Fsp3) is 0.333. The lowest BCUT2D eigenvalue weighted by atomic mass is 10.2. The Labute approximate surface area is 98.4 Å². The van der Waals surface area contributed by atoms with E-state index in [2.05, 4.69) is 10.6 Å². The van der Waals surface area contributed by atoms with Gasteiger partial charge in [-0.3, -0.25) is 0 Å². The molecule has 0 heterocycles. The number of anilines is 1. The Bertz CT molecular complexity index is 465. The second-order valence-corrected chi connectivity index (χ2v) is 4.05. The Morgan fingerprint density at radius 1 is 1.53 bits per heavy atom. The summed E-state index contributed by atoms with van der Waals surface area (Å²) in [6.45, 7) is 0. The van der Waals surface area contributed by atoms with Crippen molar-refractivity contribution in [1.82, 2.24) is 5.32 Å². The molecule has 17 heavy (non-hydrogen) atoms. The van der Waals surface area contributed by atoms with E-state index >= 15 is 0 Å². The average molecular weight is 233 g/mol. The zero-order valence-electron chi connectivity index (χ0n) is 9.11. The first kappa shape index (κ1) is 11.4. The van der Waals surface area contributed by atoms with E-state index in [1.54, 1.807) is 6.07 Å². The Kier molecular flexibility index (Phi) is 3.24. The molecule has 1 aromatic rings. The third-order valence-corrected chi connectivity index (χ3v) is 2.60. The van der Waals surface area contributed by atoms with Crippen molar-refractivity contribution in [3.8, 4) is 6.07 Å². The molecule has 1 atom stereocenters. The van der Waals surface area contributed by atoms with Gasteiger partial charge in [0, 0.05) is 5.69 Å². The Balaban J connectivity index is 1.90. The number of benzene rings is 1. The predicted octanol–water partition coefficient (Wildman–Crippen LogP) is 2.25. The molecule has 2 amide bonds. The number of nitrogens with one attached hydrogen (secondary N) is 2. The van der Waals surface area contributed by atoms with Crippen molar-refractivity contribution in [2.45, 2.75) is 18.9 Å². The van der Waals surface area contributed by atoms with Crippen LogP contribution in [0.15, 0.2) is 24.3 Å². The van der Waals surface area contributed by atoms with Gasteiger partial charge in [0.25, 0.3) is 0 Å². The molecule has 2 rings (SSSR count). The molecular formula is C12H12FN3O. The smallest absolute Gasteiger partial charge is 0.320 e. The molecule has 1 fully saturated rings. The molecule has 5 heteroatoms. The van der Waals surface area contributed by atoms with E-state index in [-0.39, 0.29) is 5.92 Å². The lowest BCUT2D eigenvalue weighted by Gasteiger charge is -2.11. The molecule has 1 aromatic carbocycles. The zero-order chi connectivity index (χ0) is 12.3. The van der Waals surface area contributed by atoms with Crippen LogP contribution in [-0.2, 0) is 0 Å². The number of hydrogen-bond donors (Lipinski definition) is 2. The van der Waals surface area contributed by atoms with Crippen LogP contribution in [-0.4, -0.2) is 12.1 Å². The maximum absolute atomic E-state index is 12.9. The number of carbonyl (C=O) groups is 1. The molecule has 0 bridgehead atoms. The highest BCUT2D eigenvalue weighted by molar-refractivity contribution is 5.89. The van der Waals surface area contributed by atoms with Crippen LogP contribution in [0, 0.1) is 23.1 Å². The molecule has 2 N–H and O–H groups in total. The molecule has 88 valence electrons.